The molecular weight excluding hydrogens is 405 g/mol. The standard InChI is InChI=1S/C20H11ClFNO4S/c21-15-10-12(6-8-16(15)22)23-20(25)11-5-7-14-18(9-11)28(26,27)17-4-2-1-3-13(17)19(14)24/h1-10H,(H,23,25). The average molecular weight is 416 g/mol. The second kappa shape index (κ2) is 6.54. The van der Waals surface area contributed by atoms with Crippen molar-refractivity contribution in [2.24, 2.45) is 0 Å². The molecule has 0 bridgehead atoms. The highest BCUT2D eigenvalue weighted by atomic mass is 35.5. The van der Waals surface area contributed by atoms with Crippen LogP contribution >= 0.6 is 11.6 Å². The van der Waals surface area contributed by atoms with Crippen molar-refractivity contribution >= 4 is 38.8 Å². The van der Waals surface area contributed by atoms with E-state index in [9.17, 15) is 22.4 Å². The third kappa shape index (κ3) is 2.89. The van der Waals surface area contributed by atoms with Gasteiger partial charge in [-0.15, -0.1) is 0 Å². The maximum Gasteiger partial charge on any atom is 0.255 e. The molecule has 1 aliphatic rings. The van der Waals surface area contributed by atoms with E-state index in [0.29, 0.717) is 0 Å². The molecule has 0 radical (unpaired) electrons. The van der Waals surface area contributed by atoms with Gasteiger partial charge in [0.1, 0.15) is 5.82 Å². The third-order valence-corrected chi connectivity index (χ3v) is 6.52. The second-order valence-corrected chi connectivity index (χ2v) is 8.42. The smallest absolute Gasteiger partial charge is 0.255 e. The number of carbonyl (C=O) groups excluding carboxylic acids is 2. The van der Waals surface area contributed by atoms with E-state index in [4.69, 9.17) is 11.6 Å². The van der Waals surface area contributed by atoms with Gasteiger partial charge >= 0.3 is 0 Å². The van der Waals surface area contributed by atoms with E-state index in [1.54, 1.807) is 6.07 Å². The number of nitrogens with one attached hydrogen (secondary N) is 1. The topological polar surface area (TPSA) is 80.3 Å². The van der Waals surface area contributed by atoms with E-state index in [-0.39, 0.29) is 37.2 Å². The summed E-state index contributed by atoms with van der Waals surface area (Å²) in [5, 5.41) is 2.36. The van der Waals surface area contributed by atoms with Crippen LogP contribution in [0.1, 0.15) is 26.3 Å². The van der Waals surface area contributed by atoms with E-state index in [0.717, 1.165) is 6.07 Å². The number of sulfone groups is 1. The maximum atomic E-state index is 13.2. The van der Waals surface area contributed by atoms with Gasteiger partial charge in [-0.25, -0.2) is 12.8 Å². The SMILES string of the molecule is O=C(Nc1ccc(F)c(Cl)c1)c1ccc2c(c1)S(=O)(=O)c1ccccc1C2=O. The fourth-order valence-electron chi connectivity index (χ4n) is 3.00. The molecule has 1 amide bonds. The molecule has 28 heavy (non-hydrogen) atoms. The van der Waals surface area contributed by atoms with Crippen molar-refractivity contribution in [3.63, 3.8) is 0 Å². The number of anilines is 1. The monoisotopic (exact) mass is 415 g/mol. The number of benzene rings is 3. The van der Waals surface area contributed by atoms with Crippen LogP contribution in [0.2, 0.25) is 5.02 Å². The molecule has 0 fully saturated rings. The molecule has 1 N–H and O–H groups in total. The molecule has 0 atom stereocenters. The molecule has 5 nitrogen and oxygen atoms in total. The molecule has 0 aliphatic carbocycles. The number of amides is 1. The number of hydrogen-bond acceptors (Lipinski definition) is 4. The average Bonchev–Trinajstić information content (AvgIpc) is 2.69. The Labute approximate surface area is 164 Å². The van der Waals surface area contributed by atoms with Gasteiger partial charge in [0.05, 0.1) is 14.8 Å². The summed E-state index contributed by atoms with van der Waals surface area (Å²) in [4.78, 5) is 24.8. The van der Waals surface area contributed by atoms with Gasteiger partial charge < -0.3 is 5.32 Å². The summed E-state index contributed by atoms with van der Waals surface area (Å²) in [7, 11) is -3.95. The first-order valence-electron chi connectivity index (χ1n) is 8.08. The van der Waals surface area contributed by atoms with Crippen LogP contribution in [0.25, 0.3) is 0 Å². The normalized spacial score (nSPS) is 14.1. The predicted octanol–water partition coefficient (Wildman–Crippen LogP) is 4.11. The largest absolute Gasteiger partial charge is 0.322 e. The minimum atomic E-state index is -3.95. The van der Waals surface area contributed by atoms with E-state index in [2.05, 4.69) is 5.32 Å². The number of ketones is 1. The van der Waals surface area contributed by atoms with Gasteiger partial charge in [-0.2, -0.15) is 0 Å². The Bertz CT molecular complexity index is 1270. The summed E-state index contributed by atoms with van der Waals surface area (Å²) in [6, 6.07) is 13.5. The minimum Gasteiger partial charge on any atom is -0.322 e. The van der Waals surface area contributed by atoms with Crippen LogP contribution in [0, 0.1) is 5.82 Å². The van der Waals surface area contributed by atoms with Crippen molar-refractivity contribution in [1.29, 1.82) is 0 Å². The zero-order chi connectivity index (χ0) is 20.1. The van der Waals surface area contributed by atoms with Crippen molar-refractivity contribution in [3.8, 4) is 0 Å². The van der Waals surface area contributed by atoms with Crippen LogP contribution in [0.3, 0.4) is 0 Å². The highest BCUT2D eigenvalue weighted by Gasteiger charge is 2.35. The Morgan fingerprint density at radius 1 is 0.929 bits per heavy atom. The Morgan fingerprint density at radius 3 is 2.39 bits per heavy atom. The van der Waals surface area contributed by atoms with Crippen LogP contribution in [0.5, 0.6) is 0 Å². The quantitative estimate of drug-likeness (QED) is 0.534. The van der Waals surface area contributed by atoms with Gasteiger partial charge in [-0.3, -0.25) is 9.59 Å². The highest BCUT2D eigenvalue weighted by molar-refractivity contribution is 7.91. The number of fused-ring (bicyclic) bond motifs is 2. The molecule has 0 aromatic heterocycles. The first kappa shape index (κ1) is 18.3. The van der Waals surface area contributed by atoms with Crippen molar-refractivity contribution < 1.29 is 22.4 Å². The molecule has 0 spiro atoms. The van der Waals surface area contributed by atoms with Crippen LogP contribution in [0.4, 0.5) is 10.1 Å². The first-order valence-corrected chi connectivity index (χ1v) is 9.94. The minimum absolute atomic E-state index is 0.0140. The predicted molar refractivity (Wildman–Crippen MR) is 101 cm³/mol. The first-order chi connectivity index (χ1) is 13.3. The van der Waals surface area contributed by atoms with Crippen LogP contribution in [0.15, 0.2) is 70.5 Å². The molecular formula is C20H11ClFNO4S. The highest BCUT2D eigenvalue weighted by Crippen LogP contribution is 2.34. The molecule has 1 aliphatic heterocycles. The van der Waals surface area contributed by atoms with Gasteiger partial charge in [-0.05, 0) is 48.5 Å². The van der Waals surface area contributed by atoms with E-state index >= 15 is 0 Å². The Kier molecular flexibility index (Phi) is 4.28. The zero-order valence-electron chi connectivity index (χ0n) is 14.1. The number of halogens is 2. The third-order valence-electron chi connectivity index (χ3n) is 4.38. The fraction of sp³-hybridized carbons (Fsp3) is 0. The van der Waals surface area contributed by atoms with Crippen LogP contribution < -0.4 is 5.32 Å². The van der Waals surface area contributed by atoms with Crippen molar-refractivity contribution in [2.45, 2.75) is 9.79 Å². The van der Waals surface area contributed by atoms with Crippen molar-refractivity contribution in [3.05, 3.63) is 88.2 Å². The molecule has 140 valence electrons. The number of rotatable bonds is 2. The molecule has 3 aromatic carbocycles. The Hall–Kier alpha value is -3.03. The van der Waals surface area contributed by atoms with Crippen molar-refractivity contribution in [2.75, 3.05) is 5.32 Å². The Morgan fingerprint density at radius 2 is 1.64 bits per heavy atom. The molecule has 0 saturated heterocycles. The summed E-state index contributed by atoms with van der Waals surface area (Å²) < 4.78 is 39.1. The number of carbonyl (C=O) groups is 2. The van der Waals surface area contributed by atoms with E-state index in [1.165, 1.54) is 48.5 Å². The molecule has 0 unspecified atom stereocenters. The Balaban J connectivity index is 1.74. The second-order valence-electron chi connectivity index (χ2n) is 6.12. The van der Waals surface area contributed by atoms with Crippen molar-refractivity contribution in [1.82, 2.24) is 0 Å². The number of hydrogen-bond donors (Lipinski definition) is 1. The summed E-state index contributed by atoms with van der Waals surface area (Å²) in [6.07, 6.45) is 0. The lowest BCUT2D eigenvalue weighted by Crippen LogP contribution is -2.21. The van der Waals surface area contributed by atoms with Gasteiger partial charge in [0.2, 0.25) is 9.84 Å². The molecule has 3 aromatic rings. The summed E-state index contributed by atoms with van der Waals surface area (Å²) >= 11 is 5.70. The van der Waals surface area contributed by atoms with Gasteiger partial charge in [0.15, 0.2) is 5.78 Å². The molecule has 1 heterocycles. The fourth-order valence-corrected chi connectivity index (χ4v) is 4.86. The lowest BCUT2D eigenvalue weighted by molar-refractivity contribution is 0.101. The van der Waals surface area contributed by atoms with Gasteiger partial charge in [-0.1, -0.05) is 23.7 Å². The van der Waals surface area contributed by atoms with Crippen LogP contribution in [-0.4, -0.2) is 20.1 Å². The summed E-state index contributed by atoms with van der Waals surface area (Å²) in [6.45, 7) is 0. The summed E-state index contributed by atoms with van der Waals surface area (Å²) in [5.74, 6) is -1.67. The van der Waals surface area contributed by atoms with Gasteiger partial charge in [0.25, 0.3) is 5.91 Å². The maximum absolute atomic E-state index is 13.2. The lowest BCUT2D eigenvalue weighted by Gasteiger charge is -2.19. The van der Waals surface area contributed by atoms with E-state index < -0.39 is 27.3 Å². The summed E-state index contributed by atoms with van der Waals surface area (Å²) in [5.41, 5.74) is 0.404. The van der Waals surface area contributed by atoms with Crippen LogP contribution in [-0.2, 0) is 9.84 Å². The zero-order valence-corrected chi connectivity index (χ0v) is 15.6. The molecule has 8 heteroatoms. The van der Waals surface area contributed by atoms with E-state index in [1.807, 2.05) is 0 Å². The van der Waals surface area contributed by atoms with Gasteiger partial charge in [0, 0.05) is 22.4 Å². The molecule has 0 saturated carbocycles. The lowest BCUT2D eigenvalue weighted by atomic mass is 10.0. The molecule has 4 rings (SSSR count).